The molecule has 0 saturated carbocycles. The van der Waals surface area contributed by atoms with Crippen LogP contribution >= 0.6 is 7.94 Å². The maximum atomic E-state index is 10.4. The van der Waals surface area contributed by atoms with Gasteiger partial charge in [0.25, 0.3) is 0 Å². The van der Waals surface area contributed by atoms with Gasteiger partial charge in [0, 0.05) is 0 Å². The predicted molar refractivity (Wildman–Crippen MR) is 125 cm³/mol. The second kappa shape index (κ2) is 12.8. The Bertz CT molecular complexity index is 549. The quantitative estimate of drug-likeness (QED) is 0.246. The molecule has 0 fully saturated rings. The molecule has 0 aliphatic rings. The second-order valence-corrected chi connectivity index (χ2v) is 11.6. The number of rotatable bonds is 14. The molecule has 0 bridgehead atoms. The SMILES string of the molecule is CCCCCCCCCCCCC[PH](O)(O)Oc1ccc(C)cc1C(C)(C)C. The zero-order valence-corrected chi connectivity index (χ0v) is 20.0. The normalized spacial score (nSPS) is 13.0. The molecule has 0 saturated heterocycles. The van der Waals surface area contributed by atoms with Crippen LogP contribution in [0.3, 0.4) is 0 Å². The molecule has 2 N–H and O–H groups in total. The fraction of sp³-hybridized carbons (Fsp3) is 0.750. The summed E-state index contributed by atoms with van der Waals surface area (Å²) in [6, 6.07) is 5.93. The van der Waals surface area contributed by atoms with Gasteiger partial charge in [-0.25, -0.2) is 0 Å². The molecule has 0 aromatic heterocycles. The first-order valence-corrected chi connectivity index (χ1v) is 13.4. The summed E-state index contributed by atoms with van der Waals surface area (Å²) >= 11 is 0. The molecule has 0 spiro atoms. The number of aryl methyl sites for hydroxylation is 1. The third kappa shape index (κ3) is 10.8. The maximum absolute atomic E-state index is 10.4. The Morgan fingerprint density at radius 2 is 1.32 bits per heavy atom. The van der Waals surface area contributed by atoms with Crippen LogP contribution in [-0.4, -0.2) is 15.9 Å². The van der Waals surface area contributed by atoms with Crippen molar-refractivity contribution in [1.82, 2.24) is 0 Å². The second-order valence-electron chi connectivity index (χ2n) is 9.38. The molecule has 0 unspecified atom stereocenters. The van der Waals surface area contributed by atoms with Crippen LogP contribution in [-0.2, 0) is 5.41 Å². The van der Waals surface area contributed by atoms with Crippen molar-refractivity contribution >= 4 is 7.94 Å². The molecule has 28 heavy (non-hydrogen) atoms. The van der Waals surface area contributed by atoms with E-state index in [4.69, 9.17) is 4.52 Å². The first-order chi connectivity index (χ1) is 13.2. The topological polar surface area (TPSA) is 49.7 Å². The van der Waals surface area contributed by atoms with Crippen molar-refractivity contribution in [1.29, 1.82) is 0 Å². The van der Waals surface area contributed by atoms with Crippen molar-refractivity contribution in [2.45, 2.75) is 111 Å². The molecule has 0 amide bonds. The molecule has 1 aromatic carbocycles. The van der Waals surface area contributed by atoms with Gasteiger partial charge in [-0.2, -0.15) is 0 Å². The summed E-state index contributed by atoms with van der Waals surface area (Å²) in [5.41, 5.74) is 2.10. The van der Waals surface area contributed by atoms with E-state index >= 15 is 0 Å². The van der Waals surface area contributed by atoms with Crippen molar-refractivity contribution in [3.63, 3.8) is 0 Å². The molecular formula is C24H45O3P. The van der Waals surface area contributed by atoms with Gasteiger partial charge in [0.05, 0.1) is 0 Å². The van der Waals surface area contributed by atoms with Crippen molar-refractivity contribution < 1.29 is 14.3 Å². The molecule has 4 heteroatoms. The molecular weight excluding hydrogens is 367 g/mol. The van der Waals surface area contributed by atoms with Crippen LogP contribution in [0.5, 0.6) is 5.75 Å². The van der Waals surface area contributed by atoms with Gasteiger partial charge < -0.3 is 0 Å². The van der Waals surface area contributed by atoms with Crippen LogP contribution in [0.1, 0.15) is 109 Å². The Labute approximate surface area is 174 Å². The van der Waals surface area contributed by atoms with Gasteiger partial charge >= 0.3 is 167 Å². The van der Waals surface area contributed by atoms with E-state index < -0.39 is 7.94 Å². The van der Waals surface area contributed by atoms with Gasteiger partial charge in [-0.05, 0) is 0 Å². The van der Waals surface area contributed by atoms with Gasteiger partial charge in [-0.3, -0.25) is 0 Å². The van der Waals surface area contributed by atoms with E-state index in [2.05, 4.69) is 33.8 Å². The molecule has 1 aromatic rings. The molecule has 0 aliphatic carbocycles. The minimum atomic E-state index is -3.67. The third-order valence-corrected chi connectivity index (χ3v) is 6.87. The van der Waals surface area contributed by atoms with Gasteiger partial charge in [-0.1, -0.05) is 6.92 Å². The predicted octanol–water partition coefficient (Wildman–Crippen LogP) is 7.46. The molecule has 0 heterocycles. The summed E-state index contributed by atoms with van der Waals surface area (Å²) in [6.45, 7) is 10.7. The summed E-state index contributed by atoms with van der Waals surface area (Å²) in [4.78, 5) is 20.9. The van der Waals surface area contributed by atoms with Gasteiger partial charge in [-0.15, -0.1) is 0 Å². The molecule has 3 nitrogen and oxygen atoms in total. The van der Waals surface area contributed by atoms with E-state index in [0.29, 0.717) is 11.9 Å². The summed E-state index contributed by atoms with van der Waals surface area (Å²) in [6.07, 6.45) is 14.1. The average molecular weight is 413 g/mol. The first kappa shape index (κ1) is 25.4. The van der Waals surface area contributed by atoms with E-state index in [0.717, 1.165) is 24.0 Å². The Hall–Kier alpha value is -0.630. The number of hydrogen-bond acceptors (Lipinski definition) is 3. The molecule has 0 aliphatic heterocycles. The van der Waals surface area contributed by atoms with Crippen LogP contribution in [0.2, 0.25) is 0 Å². The van der Waals surface area contributed by atoms with Crippen molar-refractivity contribution in [2.24, 2.45) is 0 Å². The summed E-state index contributed by atoms with van der Waals surface area (Å²) < 4.78 is 5.76. The van der Waals surface area contributed by atoms with Crippen molar-refractivity contribution in [2.75, 3.05) is 6.16 Å². The fourth-order valence-corrected chi connectivity index (χ4v) is 4.91. The summed E-state index contributed by atoms with van der Waals surface area (Å²) in [5.74, 6) is 0.623. The number of unbranched alkanes of at least 4 members (excludes halogenated alkanes) is 10. The number of benzene rings is 1. The molecule has 0 atom stereocenters. The summed E-state index contributed by atoms with van der Waals surface area (Å²) in [7, 11) is -3.67. The van der Waals surface area contributed by atoms with Crippen LogP contribution in [0.4, 0.5) is 0 Å². The third-order valence-electron chi connectivity index (χ3n) is 5.32. The van der Waals surface area contributed by atoms with Gasteiger partial charge in [0.15, 0.2) is 0 Å². The molecule has 164 valence electrons. The van der Waals surface area contributed by atoms with E-state index in [1.165, 1.54) is 57.8 Å². The van der Waals surface area contributed by atoms with Crippen LogP contribution in [0.15, 0.2) is 18.2 Å². The van der Waals surface area contributed by atoms with E-state index in [1.807, 2.05) is 19.1 Å². The van der Waals surface area contributed by atoms with Crippen molar-refractivity contribution in [3.8, 4) is 5.75 Å². The summed E-state index contributed by atoms with van der Waals surface area (Å²) in [5, 5.41) is 0. The van der Waals surface area contributed by atoms with E-state index in [-0.39, 0.29) is 5.41 Å². The van der Waals surface area contributed by atoms with Crippen molar-refractivity contribution in [3.05, 3.63) is 29.3 Å². The Kier molecular flexibility index (Phi) is 11.6. The standard InChI is InChI=1S/C24H45O3P/c1-6-7-8-9-10-11-12-13-14-15-16-19-28(25,26)27-23-18-17-21(2)20-22(23)24(3,4)5/h17-18,20,25-26,28H,6-16,19H2,1-5H3. The Morgan fingerprint density at radius 1 is 0.821 bits per heavy atom. The minimum absolute atomic E-state index is 0.0949. The first-order valence-electron chi connectivity index (χ1n) is 11.4. The Balaban J connectivity index is 2.29. The van der Waals surface area contributed by atoms with Gasteiger partial charge in [0.2, 0.25) is 0 Å². The van der Waals surface area contributed by atoms with Gasteiger partial charge in [0.1, 0.15) is 0 Å². The van der Waals surface area contributed by atoms with Crippen LogP contribution < -0.4 is 4.52 Å². The van der Waals surface area contributed by atoms with E-state index in [9.17, 15) is 9.79 Å². The average Bonchev–Trinajstić information content (AvgIpc) is 2.60. The molecule has 1 rings (SSSR count). The van der Waals surface area contributed by atoms with E-state index in [1.54, 1.807) is 0 Å². The number of hydrogen-bond donors (Lipinski definition) is 2. The fourth-order valence-electron chi connectivity index (χ4n) is 3.57. The zero-order valence-electron chi connectivity index (χ0n) is 19.0. The van der Waals surface area contributed by atoms with Crippen LogP contribution in [0.25, 0.3) is 0 Å². The monoisotopic (exact) mass is 412 g/mol. The van der Waals surface area contributed by atoms with Crippen LogP contribution in [0, 0.1) is 6.92 Å². The molecule has 0 radical (unpaired) electrons. The zero-order chi connectivity index (χ0) is 21.0. The Morgan fingerprint density at radius 3 is 1.82 bits per heavy atom.